The fourth-order valence-corrected chi connectivity index (χ4v) is 6.00. The molecule has 2 aromatic rings. The molecule has 2 rings (SSSR count). The Hall–Kier alpha value is -4.20. The third kappa shape index (κ3) is 13.0. The normalized spacial score (nSPS) is 14.0. The molecule has 0 radical (unpaired) electrons. The van der Waals surface area contributed by atoms with E-state index in [0.29, 0.717) is 6.20 Å². The highest BCUT2D eigenvalue weighted by Crippen LogP contribution is 2.37. The van der Waals surface area contributed by atoms with Crippen LogP contribution in [-0.2, 0) is 24.0 Å². The molecular formula is C24H27F3N6O9S2. The molecule has 2 aromatic heterocycles. The topological polar surface area (TPSA) is 231 Å². The Labute approximate surface area is 255 Å². The summed E-state index contributed by atoms with van der Waals surface area (Å²) in [6.07, 6.45) is -1.90. The van der Waals surface area contributed by atoms with Crippen molar-refractivity contribution in [2.24, 2.45) is 0 Å². The standard InChI is InChI=1S/C24H27F3N6O9S2/c1-11(34)30-16(22(38)39)9-43-18(14-5-28-7-20(37)32-14)3-13(36)4-19(44-10-17(23(40)41)31-12(2)35)15-6-29-8-21(33-15)42-24(25,26)27/h5-8,16-19H,3-4,9-10H2,1-2H3,(H,30,34)(H,31,35)(H,32,37)(H,38,39)(H,40,41)/t16-,17-,18?,19?/m0/s1. The molecule has 0 fully saturated rings. The number of thioether (sulfide) groups is 2. The lowest BCUT2D eigenvalue weighted by Crippen LogP contribution is -2.41. The lowest BCUT2D eigenvalue weighted by Gasteiger charge is -2.22. The van der Waals surface area contributed by atoms with Crippen molar-refractivity contribution < 1.29 is 52.1 Å². The largest absolute Gasteiger partial charge is 0.574 e. The molecule has 44 heavy (non-hydrogen) atoms. The van der Waals surface area contributed by atoms with Crippen molar-refractivity contribution in [3.8, 4) is 5.88 Å². The number of hydrogen-bond donors (Lipinski definition) is 5. The number of aliphatic carboxylic acids is 2. The lowest BCUT2D eigenvalue weighted by atomic mass is 10.1. The molecule has 2 amide bonds. The first-order chi connectivity index (χ1) is 20.5. The number of rotatable bonds is 17. The van der Waals surface area contributed by atoms with E-state index in [1.807, 2.05) is 0 Å². The van der Waals surface area contributed by atoms with Crippen LogP contribution in [0.2, 0.25) is 0 Å². The van der Waals surface area contributed by atoms with Gasteiger partial charge in [-0.25, -0.2) is 14.6 Å². The number of amides is 2. The number of nitrogens with zero attached hydrogens (tertiary/aromatic N) is 3. The van der Waals surface area contributed by atoms with Crippen LogP contribution in [0.4, 0.5) is 13.2 Å². The van der Waals surface area contributed by atoms with Gasteiger partial charge in [0.15, 0.2) is 0 Å². The molecule has 2 unspecified atom stereocenters. The van der Waals surface area contributed by atoms with Crippen LogP contribution in [0.3, 0.4) is 0 Å². The number of H-pyrrole nitrogens is 1. The third-order valence-corrected chi connectivity index (χ3v) is 7.99. The molecule has 0 spiro atoms. The van der Waals surface area contributed by atoms with Gasteiger partial charge < -0.3 is 30.6 Å². The minimum atomic E-state index is -5.10. The van der Waals surface area contributed by atoms with Crippen LogP contribution in [0.1, 0.15) is 48.6 Å². The minimum absolute atomic E-state index is 0.156. The number of Topliss-reactive ketones (excluding diaryl/α,β-unsaturated/α-hetero) is 1. The molecular weight excluding hydrogens is 637 g/mol. The lowest BCUT2D eigenvalue weighted by molar-refractivity contribution is -0.276. The van der Waals surface area contributed by atoms with Gasteiger partial charge >= 0.3 is 18.3 Å². The Morgan fingerprint density at radius 2 is 1.41 bits per heavy atom. The minimum Gasteiger partial charge on any atom is -0.480 e. The number of aromatic nitrogens is 4. The number of alkyl halides is 3. The Morgan fingerprint density at radius 1 is 0.886 bits per heavy atom. The maximum atomic E-state index is 13.4. The van der Waals surface area contributed by atoms with Crippen molar-refractivity contribution in [1.29, 1.82) is 0 Å². The van der Waals surface area contributed by atoms with Gasteiger partial charge in [-0.1, -0.05) is 0 Å². The van der Waals surface area contributed by atoms with Crippen molar-refractivity contribution in [3.63, 3.8) is 0 Å². The number of carbonyl (C=O) groups excluding carboxylic acids is 3. The van der Waals surface area contributed by atoms with Gasteiger partial charge in [-0.15, -0.1) is 36.7 Å². The predicted octanol–water partition coefficient (Wildman–Crippen LogP) is 1.24. The van der Waals surface area contributed by atoms with Crippen molar-refractivity contribution in [2.75, 3.05) is 11.5 Å². The van der Waals surface area contributed by atoms with E-state index in [9.17, 15) is 52.2 Å². The van der Waals surface area contributed by atoms with Crippen molar-refractivity contribution in [2.45, 2.75) is 55.6 Å². The van der Waals surface area contributed by atoms with E-state index in [2.05, 4.69) is 35.3 Å². The SMILES string of the molecule is CC(=O)N[C@@H](CSC(CC(=O)CC(SC[C@H](NC(C)=O)C(=O)O)c1cncc(=O)[nH]1)c1cncc(OC(F)(F)F)n1)C(=O)O. The van der Waals surface area contributed by atoms with E-state index in [0.717, 1.165) is 49.8 Å². The second kappa shape index (κ2) is 16.6. The molecule has 0 saturated heterocycles. The fourth-order valence-electron chi connectivity index (χ4n) is 3.51. The van der Waals surface area contributed by atoms with Crippen molar-refractivity contribution >= 4 is 53.1 Å². The first kappa shape index (κ1) is 36.0. The maximum Gasteiger partial charge on any atom is 0.574 e. The van der Waals surface area contributed by atoms with E-state index < -0.39 is 76.3 Å². The summed E-state index contributed by atoms with van der Waals surface area (Å²) in [7, 11) is 0. The predicted molar refractivity (Wildman–Crippen MR) is 149 cm³/mol. The summed E-state index contributed by atoms with van der Waals surface area (Å²) < 4.78 is 42.2. The molecule has 2 heterocycles. The molecule has 0 bridgehead atoms. The zero-order chi connectivity index (χ0) is 33.0. The second-order valence-electron chi connectivity index (χ2n) is 8.96. The van der Waals surface area contributed by atoms with Gasteiger partial charge in [-0.05, 0) is 0 Å². The van der Waals surface area contributed by atoms with E-state index in [4.69, 9.17) is 0 Å². The summed E-state index contributed by atoms with van der Waals surface area (Å²) in [5, 5.41) is 21.4. The molecule has 20 heteroatoms. The van der Waals surface area contributed by atoms with Gasteiger partial charge in [0, 0.05) is 56.3 Å². The molecule has 15 nitrogen and oxygen atoms in total. The monoisotopic (exact) mass is 664 g/mol. The van der Waals surface area contributed by atoms with Crippen LogP contribution in [-0.4, -0.2) is 89.6 Å². The van der Waals surface area contributed by atoms with Crippen LogP contribution < -0.4 is 20.9 Å². The number of ketones is 1. The van der Waals surface area contributed by atoms with Crippen molar-refractivity contribution in [3.05, 3.63) is 46.5 Å². The zero-order valence-corrected chi connectivity index (χ0v) is 24.6. The third-order valence-electron chi connectivity index (χ3n) is 5.31. The number of ether oxygens (including phenoxy) is 1. The number of aromatic amines is 1. The Balaban J connectivity index is 2.35. The average molecular weight is 665 g/mol. The van der Waals surface area contributed by atoms with Crippen LogP contribution in [0.15, 0.2) is 29.6 Å². The quantitative estimate of drug-likeness (QED) is 0.160. The fraction of sp³-hybridized carbons (Fsp3) is 0.458. The van der Waals surface area contributed by atoms with E-state index in [-0.39, 0.29) is 29.3 Å². The maximum absolute atomic E-state index is 13.4. The number of nitrogens with one attached hydrogen (secondary N) is 3. The van der Waals surface area contributed by atoms with Gasteiger partial charge in [0.25, 0.3) is 5.56 Å². The molecule has 0 aliphatic carbocycles. The second-order valence-corrected chi connectivity index (χ2v) is 11.4. The number of carboxylic acid groups (broad SMARTS) is 2. The summed E-state index contributed by atoms with van der Waals surface area (Å²) in [6.45, 7) is 2.21. The highest BCUT2D eigenvalue weighted by molar-refractivity contribution is 7.99. The Kier molecular flexibility index (Phi) is 13.6. The Morgan fingerprint density at radius 3 is 1.91 bits per heavy atom. The number of hydrogen-bond acceptors (Lipinski definition) is 12. The van der Waals surface area contributed by atoms with Gasteiger partial charge in [0.1, 0.15) is 17.9 Å². The van der Waals surface area contributed by atoms with E-state index in [1.54, 1.807) is 0 Å². The van der Waals surface area contributed by atoms with Crippen LogP contribution in [0.25, 0.3) is 0 Å². The highest BCUT2D eigenvalue weighted by atomic mass is 32.2. The number of halogens is 3. The molecule has 0 aromatic carbocycles. The first-order valence-corrected chi connectivity index (χ1v) is 14.5. The van der Waals surface area contributed by atoms with Crippen LogP contribution in [0, 0.1) is 0 Å². The molecule has 4 atom stereocenters. The van der Waals surface area contributed by atoms with E-state index >= 15 is 0 Å². The summed E-state index contributed by atoms with van der Waals surface area (Å²) >= 11 is 1.72. The van der Waals surface area contributed by atoms with Gasteiger partial charge in [0.2, 0.25) is 17.7 Å². The first-order valence-electron chi connectivity index (χ1n) is 12.4. The molecule has 0 saturated carbocycles. The van der Waals surface area contributed by atoms with Crippen LogP contribution >= 0.6 is 23.5 Å². The molecule has 0 aliphatic rings. The molecule has 240 valence electrons. The molecule has 5 N–H and O–H groups in total. The van der Waals surface area contributed by atoms with Gasteiger partial charge in [-0.2, -0.15) is 0 Å². The smallest absolute Gasteiger partial charge is 0.480 e. The summed E-state index contributed by atoms with van der Waals surface area (Å²) in [5.74, 6) is -6.03. The van der Waals surface area contributed by atoms with Crippen LogP contribution in [0.5, 0.6) is 5.88 Å². The average Bonchev–Trinajstić information content (AvgIpc) is 2.90. The van der Waals surface area contributed by atoms with Gasteiger partial charge in [-0.3, -0.25) is 29.1 Å². The summed E-state index contributed by atoms with van der Waals surface area (Å²) in [4.78, 5) is 85.1. The van der Waals surface area contributed by atoms with Crippen molar-refractivity contribution in [1.82, 2.24) is 30.6 Å². The van der Waals surface area contributed by atoms with Gasteiger partial charge in [0.05, 0.1) is 28.6 Å². The zero-order valence-electron chi connectivity index (χ0n) is 23.0. The molecule has 0 aliphatic heterocycles. The highest BCUT2D eigenvalue weighted by Gasteiger charge is 2.33. The Bertz CT molecular complexity index is 1410. The number of carboxylic acids is 2. The number of carbonyl (C=O) groups is 5. The summed E-state index contributed by atoms with van der Waals surface area (Å²) in [5.41, 5.74) is -0.614. The van der Waals surface area contributed by atoms with E-state index in [1.165, 1.54) is 6.20 Å². The summed E-state index contributed by atoms with van der Waals surface area (Å²) in [6, 6.07) is -2.75.